The number of halogens is 1. The summed E-state index contributed by atoms with van der Waals surface area (Å²) in [6.07, 6.45) is 2.77. The van der Waals surface area contributed by atoms with E-state index in [9.17, 15) is 4.79 Å². The van der Waals surface area contributed by atoms with Crippen LogP contribution in [0.15, 0.2) is 22.7 Å². The van der Waals surface area contributed by atoms with Crippen LogP contribution < -0.4 is 4.74 Å². The molecule has 0 spiro atoms. The van der Waals surface area contributed by atoms with E-state index in [1.54, 1.807) is 7.11 Å². The maximum absolute atomic E-state index is 12.6. The summed E-state index contributed by atoms with van der Waals surface area (Å²) in [7, 11) is 1.60. The zero-order valence-corrected chi connectivity index (χ0v) is 13.9. The van der Waals surface area contributed by atoms with Gasteiger partial charge in [0.25, 0.3) is 5.91 Å². The molecule has 0 unspecified atom stereocenters. The van der Waals surface area contributed by atoms with Crippen molar-refractivity contribution in [3.05, 3.63) is 28.2 Å². The summed E-state index contributed by atoms with van der Waals surface area (Å²) in [5.41, 5.74) is 0.649. The molecule has 21 heavy (non-hydrogen) atoms. The van der Waals surface area contributed by atoms with Gasteiger partial charge in [0.2, 0.25) is 0 Å². The number of amides is 1. The van der Waals surface area contributed by atoms with Crippen LogP contribution in [0.5, 0.6) is 5.75 Å². The Morgan fingerprint density at radius 3 is 2.62 bits per heavy atom. The molecule has 1 saturated heterocycles. The molecule has 1 aromatic carbocycles. The molecule has 3 rings (SSSR count). The first kappa shape index (κ1) is 14.9. The lowest BCUT2D eigenvalue weighted by Gasteiger charge is -2.35. The SMILES string of the molecule is COc1cc(Br)ccc1C(=O)N1CCN(CC2CC2)CC1. The molecule has 0 bridgehead atoms. The van der Waals surface area contributed by atoms with Crippen LogP contribution in [-0.4, -0.2) is 55.5 Å². The van der Waals surface area contributed by atoms with Crippen LogP contribution in [0.2, 0.25) is 0 Å². The fourth-order valence-electron chi connectivity index (χ4n) is 2.81. The molecule has 0 aromatic heterocycles. The number of piperazine rings is 1. The molecule has 1 saturated carbocycles. The summed E-state index contributed by atoms with van der Waals surface area (Å²) in [6, 6.07) is 5.57. The highest BCUT2D eigenvalue weighted by Gasteiger charge is 2.28. The summed E-state index contributed by atoms with van der Waals surface area (Å²) in [4.78, 5) is 17.1. The number of hydrogen-bond donors (Lipinski definition) is 0. The van der Waals surface area contributed by atoms with Crippen molar-refractivity contribution in [1.29, 1.82) is 0 Å². The van der Waals surface area contributed by atoms with E-state index in [1.165, 1.54) is 19.4 Å². The first-order valence-corrected chi connectivity index (χ1v) is 8.32. The molecular weight excluding hydrogens is 332 g/mol. The summed E-state index contributed by atoms with van der Waals surface area (Å²) in [6.45, 7) is 4.81. The van der Waals surface area contributed by atoms with Crippen LogP contribution in [0, 0.1) is 5.92 Å². The Kier molecular flexibility index (Phi) is 4.50. The number of benzene rings is 1. The zero-order valence-electron chi connectivity index (χ0n) is 12.3. The van der Waals surface area contributed by atoms with E-state index in [2.05, 4.69) is 20.8 Å². The topological polar surface area (TPSA) is 32.8 Å². The molecule has 1 aromatic rings. The Hall–Kier alpha value is -1.07. The third-order valence-electron chi connectivity index (χ3n) is 4.27. The van der Waals surface area contributed by atoms with Crippen molar-refractivity contribution in [2.45, 2.75) is 12.8 Å². The van der Waals surface area contributed by atoms with Crippen LogP contribution in [0.25, 0.3) is 0 Å². The first-order valence-electron chi connectivity index (χ1n) is 7.52. The van der Waals surface area contributed by atoms with Gasteiger partial charge in [-0.15, -0.1) is 0 Å². The van der Waals surface area contributed by atoms with Gasteiger partial charge in [-0.2, -0.15) is 0 Å². The maximum Gasteiger partial charge on any atom is 0.257 e. The highest BCUT2D eigenvalue weighted by Crippen LogP contribution is 2.30. The Morgan fingerprint density at radius 2 is 2.00 bits per heavy atom. The molecular formula is C16H21BrN2O2. The van der Waals surface area contributed by atoms with Crippen molar-refractivity contribution in [3.63, 3.8) is 0 Å². The number of ether oxygens (including phenoxy) is 1. The number of rotatable bonds is 4. The van der Waals surface area contributed by atoms with Crippen LogP contribution in [0.4, 0.5) is 0 Å². The molecule has 5 heteroatoms. The highest BCUT2D eigenvalue weighted by atomic mass is 79.9. The summed E-state index contributed by atoms with van der Waals surface area (Å²) >= 11 is 3.41. The Morgan fingerprint density at radius 1 is 1.29 bits per heavy atom. The van der Waals surface area contributed by atoms with Gasteiger partial charge in [0, 0.05) is 37.2 Å². The third kappa shape index (κ3) is 3.58. The Bertz CT molecular complexity index is 523. The van der Waals surface area contributed by atoms with Gasteiger partial charge in [-0.05, 0) is 37.0 Å². The van der Waals surface area contributed by atoms with Gasteiger partial charge in [-0.1, -0.05) is 15.9 Å². The number of carbonyl (C=O) groups is 1. The highest BCUT2D eigenvalue weighted by molar-refractivity contribution is 9.10. The van der Waals surface area contributed by atoms with Gasteiger partial charge in [0.05, 0.1) is 12.7 Å². The normalized spacial score (nSPS) is 19.6. The van der Waals surface area contributed by atoms with Crippen LogP contribution >= 0.6 is 15.9 Å². The minimum atomic E-state index is 0.0745. The van der Waals surface area contributed by atoms with E-state index >= 15 is 0 Å². The van der Waals surface area contributed by atoms with Crippen molar-refractivity contribution in [3.8, 4) is 5.75 Å². The second-order valence-electron chi connectivity index (χ2n) is 5.88. The van der Waals surface area contributed by atoms with Gasteiger partial charge in [-0.3, -0.25) is 9.69 Å². The lowest BCUT2D eigenvalue weighted by molar-refractivity contribution is 0.0629. The van der Waals surface area contributed by atoms with E-state index in [1.807, 2.05) is 23.1 Å². The molecule has 1 aliphatic carbocycles. The monoisotopic (exact) mass is 352 g/mol. The smallest absolute Gasteiger partial charge is 0.257 e. The average molecular weight is 353 g/mol. The van der Waals surface area contributed by atoms with Gasteiger partial charge in [0.1, 0.15) is 5.75 Å². The van der Waals surface area contributed by atoms with Gasteiger partial charge >= 0.3 is 0 Å². The number of nitrogens with zero attached hydrogens (tertiary/aromatic N) is 2. The van der Waals surface area contributed by atoms with E-state index in [0.29, 0.717) is 11.3 Å². The molecule has 1 heterocycles. The van der Waals surface area contributed by atoms with Gasteiger partial charge in [-0.25, -0.2) is 0 Å². The summed E-state index contributed by atoms with van der Waals surface area (Å²) in [5, 5.41) is 0. The van der Waals surface area contributed by atoms with Crippen LogP contribution in [-0.2, 0) is 0 Å². The number of carbonyl (C=O) groups excluding carboxylic acids is 1. The molecule has 0 N–H and O–H groups in total. The largest absolute Gasteiger partial charge is 0.496 e. The number of hydrogen-bond acceptors (Lipinski definition) is 3. The predicted octanol–water partition coefficient (Wildman–Crippen LogP) is 2.63. The van der Waals surface area contributed by atoms with Crippen LogP contribution in [0.3, 0.4) is 0 Å². The zero-order chi connectivity index (χ0) is 14.8. The minimum absolute atomic E-state index is 0.0745. The fraction of sp³-hybridized carbons (Fsp3) is 0.562. The standard InChI is InChI=1S/C16H21BrN2O2/c1-21-15-10-13(17)4-5-14(15)16(20)19-8-6-18(7-9-19)11-12-2-3-12/h4-5,10,12H,2-3,6-9,11H2,1H3. The second kappa shape index (κ2) is 6.36. The molecule has 0 radical (unpaired) electrons. The third-order valence-corrected chi connectivity index (χ3v) is 4.76. The quantitative estimate of drug-likeness (QED) is 0.834. The van der Waals surface area contributed by atoms with Crippen molar-refractivity contribution < 1.29 is 9.53 Å². The first-order chi connectivity index (χ1) is 10.2. The van der Waals surface area contributed by atoms with E-state index in [0.717, 1.165) is 36.6 Å². The lowest BCUT2D eigenvalue weighted by Crippen LogP contribution is -2.49. The lowest BCUT2D eigenvalue weighted by atomic mass is 10.1. The maximum atomic E-state index is 12.6. The van der Waals surface area contributed by atoms with Crippen LogP contribution in [0.1, 0.15) is 23.2 Å². The van der Waals surface area contributed by atoms with Gasteiger partial charge in [0.15, 0.2) is 0 Å². The van der Waals surface area contributed by atoms with Crippen molar-refractivity contribution >= 4 is 21.8 Å². The molecule has 0 atom stereocenters. The molecule has 1 amide bonds. The van der Waals surface area contributed by atoms with E-state index < -0.39 is 0 Å². The van der Waals surface area contributed by atoms with E-state index in [4.69, 9.17) is 4.74 Å². The molecule has 114 valence electrons. The second-order valence-corrected chi connectivity index (χ2v) is 6.80. The summed E-state index contributed by atoms with van der Waals surface area (Å²) < 4.78 is 6.25. The Labute approximate surface area is 134 Å². The molecule has 4 nitrogen and oxygen atoms in total. The van der Waals surface area contributed by atoms with Crippen molar-refractivity contribution in [2.75, 3.05) is 39.8 Å². The molecule has 2 fully saturated rings. The molecule has 2 aliphatic rings. The minimum Gasteiger partial charge on any atom is -0.496 e. The molecule has 1 aliphatic heterocycles. The Balaban J connectivity index is 1.63. The average Bonchev–Trinajstić information content (AvgIpc) is 3.31. The number of methoxy groups -OCH3 is 1. The van der Waals surface area contributed by atoms with Crippen molar-refractivity contribution in [2.24, 2.45) is 5.92 Å². The predicted molar refractivity (Wildman–Crippen MR) is 85.8 cm³/mol. The van der Waals surface area contributed by atoms with E-state index in [-0.39, 0.29) is 5.91 Å². The van der Waals surface area contributed by atoms with Gasteiger partial charge < -0.3 is 9.64 Å². The van der Waals surface area contributed by atoms with Crippen molar-refractivity contribution in [1.82, 2.24) is 9.80 Å². The summed E-state index contributed by atoms with van der Waals surface area (Å²) in [5.74, 6) is 1.62. The fourth-order valence-corrected chi connectivity index (χ4v) is 3.15.